The molecular weight excluding hydrogens is 373 g/mol. The molecule has 0 spiro atoms. The molecule has 0 aliphatic carbocycles. The fraction of sp³-hybridized carbons (Fsp3) is 0.300. The molecule has 0 saturated carbocycles. The molecule has 5 nitrogen and oxygen atoms in total. The number of primary amides is 1. The summed E-state index contributed by atoms with van der Waals surface area (Å²) in [5.74, 6) is -1.65. The van der Waals surface area contributed by atoms with Gasteiger partial charge >= 0.3 is 6.18 Å². The maximum absolute atomic E-state index is 12.6. The summed E-state index contributed by atoms with van der Waals surface area (Å²) in [6, 6.07) is 12.1. The van der Waals surface area contributed by atoms with Crippen molar-refractivity contribution in [1.82, 2.24) is 5.32 Å². The minimum absolute atomic E-state index is 0.0157. The molecule has 0 heterocycles. The largest absolute Gasteiger partial charge is 0.416 e. The van der Waals surface area contributed by atoms with Crippen LogP contribution in [-0.2, 0) is 22.2 Å². The maximum atomic E-state index is 12.6. The Morgan fingerprint density at radius 3 is 2.18 bits per heavy atom. The summed E-state index contributed by atoms with van der Waals surface area (Å²) in [5, 5.41) is 12.4. The van der Waals surface area contributed by atoms with E-state index in [4.69, 9.17) is 5.73 Å². The lowest BCUT2D eigenvalue weighted by atomic mass is 10.0. The van der Waals surface area contributed by atoms with Gasteiger partial charge in [0.2, 0.25) is 5.91 Å². The van der Waals surface area contributed by atoms with E-state index in [1.807, 2.05) is 30.3 Å². The highest BCUT2D eigenvalue weighted by atomic mass is 19.4. The topological polar surface area (TPSA) is 92.4 Å². The van der Waals surface area contributed by atoms with Crippen molar-refractivity contribution in [2.45, 2.75) is 37.6 Å². The highest BCUT2D eigenvalue weighted by Gasteiger charge is 2.31. The van der Waals surface area contributed by atoms with Gasteiger partial charge in [0.15, 0.2) is 6.10 Å². The van der Waals surface area contributed by atoms with Crippen molar-refractivity contribution in [3.63, 3.8) is 0 Å². The normalized spacial score (nSPS) is 13.6. The number of halogens is 3. The van der Waals surface area contributed by atoms with Crippen LogP contribution in [0, 0.1) is 0 Å². The molecule has 0 unspecified atom stereocenters. The Morgan fingerprint density at radius 2 is 1.64 bits per heavy atom. The molecule has 2 aromatic rings. The van der Waals surface area contributed by atoms with E-state index >= 15 is 0 Å². The SMILES string of the molecule is NC(=O)[C@@H](CCCc1ccccc1)NC(=O)[C@@H](O)c1ccc(C(F)(F)F)cc1. The van der Waals surface area contributed by atoms with Gasteiger partial charge in [-0.05, 0) is 42.5 Å². The molecule has 0 radical (unpaired) electrons. The fourth-order valence-electron chi connectivity index (χ4n) is 2.70. The van der Waals surface area contributed by atoms with E-state index in [0.717, 1.165) is 29.8 Å². The first kappa shape index (κ1) is 21.4. The predicted octanol–water partition coefficient (Wildman–Crippen LogP) is 2.73. The number of hydrogen-bond acceptors (Lipinski definition) is 3. The second-order valence-electron chi connectivity index (χ2n) is 6.36. The molecule has 150 valence electrons. The van der Waals surface area contributed by atoms with Crippen molar-refractivity contribution in [2.24, 2.45) is 5.73 Å². The molecule has 0 aliphatic heterocycles. The number of aliphatic hydroxyl groups is 1. The first-order chi connectivity index (χ1) is 13.2. The van der Waals surface area contributed by atoms with Crippen LogP contribution < -0.4 is 11.1 Å². The van der Waals surface area contributed by atoms with Crippen LogP contribution in [0.5, 0.6) is 0 Å². The third kappa shape index (κ3) is 6.09. The van der Waals surface area contributed by atoms with Crippen LogP contribution in [-0.4, -0.2) is 23.0 Å². The van der Waals surface area contributed by atoms with Gasteiger partial charge in [-0.1, -0.05) is 42.5 Å². The number of rotatable bonds is 8. The standard InChI is InChI=1S/C20H21F3N2O3/c21-20(22,23)15-11-9-14(10-12-15)17(26)19(28)25-16(18(24)27)8-4-7-13-5-2-1-3-6-13/h1-3,5-6,9-12,16-17,26H,4,7-8H2,(H2,24,27)(H,25,28)/t16-,17+/m1/s1. The van der Waals surface area contributed by atoms with Crippen LogP contribution in [0.15, 0.2) is 54.6 Å². The molecule has 0 aliphatic rings. The van der Waals surface area contributed by atoms with Gasteiger partial charge in [-0.25, -0.2) is 0 Å². The number of carbonyl (C=O) groups excluding carboxylic acids is 2. The number of alkyl halides is 3. The number of nitrogens with one attached hydrogen (secondary N) is 1. The molecule has 2 amide bonds. The van der Waals surface area contributed by atoms with Gasteiger partial charge in [-0.3, -0.25) is 9.59 Å². The zero-order valence-electron chi connectivity index (χ0n) is 14.9. The van der Waals surface area contributed by atoms with Crippen molar-refractivity contribution >= 4 is 11.8 Å². The molecule has 2 aromatic carbocycles. The second kappa shape index (κ2) is 9.36. The van der Waals surface area contributed by atoms with E-state index in [1.165, 1.54) is 0 Å². The molecule has 8 heteroatoms. The Morgan fingerprint density at radius 1 is 1.04 bits per heavy atom. The second-order valence-corrected chi connectivity index (χ2v) is 6.36. The minimum Gasteiger partial charge on any atom is -0.378 e. The summed E-state index contributed by atoms with van der Waals surface area (Å²) in [6.45, 7) is 0. The molecular formula is C20H21F3N2O3. The van der Waals surface area contributed by atoms with Crippen LogP contribution in [0.4, 0.5) is 13.2 Å². The van der Waals surface area contributed by atoms with Gasteiger partial charge in [0, 0.05) is 0 Å². The number of benzene rings is 2. The average molecular weight is 394 g/mol. The number of aliphatic hydroxyl groups excluding tert-OH is 1. The van der Waals surface area contributed by atoms with Gasteiger partial charge in [-0.15, -0.1) is 0 Å². The number of hydrogen-bond donors (Lipinski definition) is 3. The highest BCUT2D eigenvalue weighted by molar-refractivity contribution is 5.88. The molecule has 0 saturated heterocycles. The lowest BCUT2D eigenvalue weighted by Crippen LogP contribution is -2.46. The molecule has 4 N–H and O–H groups in total. The Kier molecular flexibility index (Phi) is 7.17. The van der Waals surface area contributed by atoms with Gasteiger partial charge < -0.3 is 16.2 Å². The van der Waals surface area contributed by atoms with E-state index in [9.17, 15) is 27.9 Å². The maximum Gasteiger partial charge on any atom is 0.416 e. The van der Waals surface area contributed by atoms with Crippen LogP contribution in [0.25, 0.3) is 0 Å². The third-order valence-electron chi connectivity index (χ3n) is 4.26. The van der Waals surface area contributed by atoms with Gasteiger partial charge in [0.25, 0.3) is 5.91 Å². The number of aryl methyl sites for hydroxylation is 1. The van der Waals surface area contributed by atoms with Gasteiger partial charge in [0.1, 0.15) is 6.04 Å². The van der Waals surface area contributed by atoms with Gasteiger partial charge in [0.05, 0.1) is 5.56 Å². The molecule has 0 fully saturated rings. The summed E-state index contributed by atoms with van der Waals surface area (Å²) in [4.78, 5) is 23.8. The molecule has 2 atom stereocenters. The predicted molar refractivity (Wildman–Crippen MR) is 96.9 cm³/mol. The van der Waals surface area contributed by atoms with E-state index in [2.05, 4.69) is 5.32 Å². The number of nitrogens with two attached hydrogens (primary N) is 1. The summed E-state index contributed by atoms with van der Waals surface area (Å²) in [6.07, 6.45) is -4.69. The quantitative estimate of drug-likeness (QED) is 0.643. The summed E-state index contributed by atoms with van der Waals surface area (Å²) in [7, 11) is 0. The van der Waals surface area contributed by atoms with Crippen molar-refractivity contribution in [3.8, 4) is 0 Å². The zero-order valence-corrected chi connectivity index (χ0v) is 14.9. The molecule has 0 aromatic heterocycles. The van der Waals surface area contributed by atoms with Crippen molar-refractivity contribution in [2.75, 3.05) is 0 Å². The summed E-state index contributed by atoms with van der Waals surface area (Å²) in [5.41, 5.74) is 5.48. The first-order valence-corrected chi connectivity index (χ1v) is 8.67. The third-order valence-corrected chi connectivity index (χ3v) is 4.26. The van der Waals surface area contributed by atoms with E-state index in [0.29, 0.717) is 12.8 Å². The Labute approximate surface area is 160 Å². The molecule has 2 rings (SSSR count). The Bertz CT molecular complexity index is 793. The lowest BCUT2D eigenvalue weighted by Gasteiger charge is -2.18. The Hall–Kier alpha value is -2.87. The number of amides is 2. The molecule has 0 bridgehead atoms. The van der Waals surface area contributed by atoms with Crippen LogP contribution in [0.1, 0.15) is 35.6 Å². The minimum atomic E-state index is -4.51. The number of carbonyl (C=O) groups is 2. The summed E-state index contributed by atoms with van der Waals surface area (Å²) < 4.78 is 37.8. The average Bonchev–Trinajstić information content (AvgIpc) is 2.66. The zero-order chi connectivity index (χ0) is 20.7. The van der Waals surface area contributed by atoms with Gasteiger partial charge in [-0.2, -0.15) is 13.2 Å². The Balaban J connectivity index is 1.94. The lowest BCUT2D eigenvalue weighted by molar-refractivity contribution is -0.137. The van der Waals surface area contributed by atoms with E-state index in [-0.39, 0.29) is 12.0 Å². The van der Waals surface area contributed by atoms with Crippen LogP contribution in [0.2, 0.25) is 0 Å². The summed E-state index contributed by atoms with van der Waals surface area (Å²) >= 11 is 0. The van der Waals surface area contributed by atoms with E-state index in [1.54, 1.807) is 0 Å². The van der Waals surface area contributed by atoms with Crippen LogP contribution in [0.3, 0.4) is 0 Å². The van der Waals surface area contributed by atoms with Crippen molar-refractivity contribution in [1.29, 1.82) is 0 Å². The van der Waals surface area contributed by atoms with Crippen LogP contribution >= 0.6 is 0 Å². The van der Waals surface area contributed by atoms with E-state index < -0.39 is 35.7 Å². The first-order valence-electron chi connectivity index (χ1n) is 8.67. The monoisotopic (exact) mass is 394 g/mol. The van der Waals surface area contributed by atoms with Crippen molar-refractivity contribution < 1.29 is 27.9 Å². The smallest absolute Gasteiger partial charge is 0.378 e. The fourth-order valence-corrected chi connectivity index (χ4v) is 2.70. The highest BCUT2D eigenvalue weighted by Crippen LogP contribution is 2.30. The van der Waals surface area contributed by atoms with Crippen molar-refractivity contribution in [3.05, 3.63) is 71.3 Å². The molecule has 28 heavy (non-hydrogen) atoms.